The molecule has 0 N–H and O–H groups in total. The van der Waals surface area contributed by atoms with Crippen molar-refractivity contribution in [3.8, 4) is 0 Å². The number of carbonyl (C=O) groups is 2. The molecule has 0 aliphatic heterocycles. The quantitative estimate of drug-likeness (QED) is 0.438. The molecule has 1 fully saturated rings. The van der Waals surface area contributed by atoms with Gasteiger partial charge in [0.2, 0.25) is 0 Å². The number of carbonyl (C=O) groups excluding carboxylic acids is 2. The van der Waals surface area contributed by atoms with Crippen LogP contribution in [0.5, 0.6) is 0 Å². The molecule has 0 heterocycles. The molecule has 4 heteroatoms. The van der Waals surface area contributed by atoms with E-state index >= 15 is 0 Å². The van der Waals surface area contributed by atoms with Gasteiger partial charge in [-0.15, -0.1) is 0 Å². The Hall–Kier alpha value is -1.06. The minimum atomic E-state index is -0.141. The number of hydrogen-bond acceptors (Lipinski definition) is 4. The van der Waals surface area contributed by atoms with E-state index in [1.807, 2.05) is 6.92 Å². The lowest BCUT2D eigenvalue weighted by Gasteiger charge is -2.26. The molecule has 0 saturated heterocycles. The van der Waals surface area contributed by atoms with Crippen molar-refractivity contribution in [2.24, 2.45) is 17.8 Å². The highest BCUT2D eigenvalue weighted by Crippen LogP contribution is 2.30. The zero-order valence-corrected chi connectivity index (χ0v) is 15.1. The van der Waals surface area contributed by atoms with Gasteiger partial charge >= 0.3 is 11.9 Å². The second-order valence-electron chi connectivity index (χ2n) is 7.14. The van der Waals surface area contributed by atoms with Gasteiger partial charge in [0.15, 0.2) is 0 Å². The van der Waals surface area contributed by atoms with Crippen molar-refractivity contribution in [2.75, 3.05) is 13.2 Å². The first kappa shape index (κ1) is 20.0. The largest absolute Gasteiger partial charge is 0.465 e. The number of unbranched alkanes of at least 4 members (excludes halogenated alkanes) is 2. The van der Waals surface area contributed by atoms with Crippen molar-refractivity contribution in [1.29, 1.82) is 0 Å². The maximum atomic E-state index is 12.1. The van der Waals surface area contributed by atoms with Crippen LogP contribution in [0.3, 0.4) is 0 Å². The van der Waals surface area contributed by atoms with Crippen LogP contribution < -0.4 is 0 Å². The highest BCUT2D eigenvalue weighted by Gasteiger charge is 2.32. The first-order valence-corrected chi connectivity index (χ1v) is 9.37. The van der Waals surface area contributed by atoms with Crippen molar-refractivity contribution in [1.82, 2.24) is 0 Å². The summed E-state index contributed by atoms with van der Waals surface area (Å²) in [6.45, 7) is 7.42. The van der Waals surface area contributed by atoms with Crippen molar-refractivity contribution in [3.63, 3.8) is 0 Å². The summed E-state index contributed by atoms with van der Waals surface area (Å²) in [4.78, 5) is 24.1. The van der Waals surface area contributed by atoms with Gasteiger partial charge in [-0.2, -0.15) is 0 Å². The molecule has 134 valence electrons. The fourth-order valence-electron chi connectivity index (χ4n) is 3.06. The summed E-state index contributed by atoms with van der Waals surface area (Å²) in [5, 5.41) is 0. The highest BCUT2D eigenvalue weighted by atomic mass is 16.5. The summed E-state index contributed by atoms with van der Waals surface area (Å²) < 4.78 is 10.6. The van der Waals surface area contributed by atoms with Crippen LogP contribution in [-0.4, -0.2) is 25.2 Å². The van der Waals surface area contributed by atoms with Crippen molar-refractivity contribution >= 4 is 11.9 Å². The monoisotopic (exact) mass is 326 g/mol. The van der Waals surface area contributed by atoms with E-state index in [0.717, 1.165) is 44.4 Å². The van der Waals surface area contributed by atoms with Crippen LogP contribution in [0.25, 0.3) is 0 Å². The molecule has 1 aliphatic carbocycles. The molecule has 1 rings (SSSR count). The van der Waals surface area contributed by atoms with Crippen LogP contribution in [-0.2, 0) is 19.1 Å². The van der Waals surface area contributed by atoms with Crippen molar-refractivity contribution < 1.29 is 19.1 Å². The lowest BCUT2D eigenvalue weighted by atomic mass is 9.81. The molecule has 4 nitrogen and oxygen atoms in total. The number of ether oxygens (including phenoxy) is 2. The molecular formula is C19H34O4. The van der Waals surface area contributed by atoms with E-state index in [9.17, 15) is 9.59 Å². The smallest absolute Gasteiger partial charge is 0.308 e. The third-order valence-corrected chi connectivity index (χ3v) is 4.46. The predicted octanol–water partition coefficient (Wildman–Crippen LogP) is 4.51. The van der Waals surface area contributed by atoms with E-state index < -0.39 is 0 Å². The SMILES string of the molecule is CCCOC(=O)C1CCCC(C(=O)OCCCCCC(C)C)C1. The zero-order valence-electron chi connectivity index (χ0n) is 15.1. The summed E-state index contributed by atoms with van der Waals surface area (Å²) in [7, 11) is 0. The molecular weight excluding hydrogens is 292 g/mol. The first-order valence-electron chi connectivity index (χ1n) is 9.37. The van der Waals surface area contributed by atoms with Crippen molar-refractivity contribution in [3.05, 3.63) is 0 Å². The molecule has 0 amide bonds. The van der Waals surface area contributed by atoms with E-state index in [1.165, 1.54) is 12.8 Å². The normalized spacial score (nSPS) is 21.2. The number of hydrogen-bond donors (Lipinski definition) is 0. The molecule has 1 aliphatic rings. The molecule has 0 aromatic heterocycles. The molecule has 2 atom stereocenters. The third kappa shape index (κ3) is 8.38. The zero-order chi connectivity index (χ0) is 17.1. The minimum absolute atomic E-state index is 0.123. The van der Waals surface area contributed by atoms with E-state index in [4.69, 9.17) is 9.47 Å². The second kappa shape index (κ2) is 11.5. The Morgan fingerprint density at radius 1 is 0.957 bits per heavy atom. The maximum Gasteiger partial charge on any atom is 0.308 e. The molecule has 1 saturated carbocycles. The van der Waals surface area contributed by atoms with Crippen LogP contribution in [0, 0.1) is 17.8 Å². The van der Waals surface area contributed by atoms with Gasteiger partial charge < -0.3 is 9.47 Å². The fourth-order valence-corrected chi connectivity index (χ4v) is 3.06. The standard InChI is InChI=1S/C19H34O4/c1-4-12-22-18(20)16-10-8-11-17(14-16)19(21)23-13-7-5-6-9-15(2)3/h15-17H,4-14H2,1-3H3. The van der Waals surface area contributed by atoms with Crippen LogP contribution in [0.1, 0.15) is 78.6 Å². The van der Waals surface area contributed by atoms with Gasteiger partial charge in [-0.1, -0.05) is 46.5 Å². The Kier molecular flexibility index (Phi) is 9.97. The van der Waals surface area contributed by atoms with E-state index in [0.29, 0.717) is 19.6 Å². The van der Waals surface area contributed by atoms with E-state index in [1.54, 1.807) is 0 Å². The predicted molar refractivity (Wildman–Crippen MR) is 91.0 cm³/mol. The minimum Gasteiger partial charge on any atom is -0.465 e. The van der Waals surface area contributed by atoms with Gasteiger partial charge in [-0.25, -0.2) is 0 Å². The van der Waals surface area contributed by atoms with Gasteiger partial charge in [0.1, 0.15) is 0 Å². The highest BCUT2D eigenvalue weighted by molar-refractivity contribution is 5.76. The summed E-state index contributed by atoms with van der Waals surface area (Å²) >= 11 is 0. The van der Waals surface area contributed by atoms with Gasteiger partial charge in [-0.05, 0) is 38.0 Å². The first-order chi connectivity index (χ1) is 11.0. The van der Waals surface area contributed by atoms with Crippen LogP contribution >= 0.6 is 0 Å². The molecule has 23 heavy (non-hydrogen) atoms. The Morgan fingerprint density at radius 3 is 2.13 bits per heavy atom. The summed E-state index contributed by atoms with van der Waals surface area (Å²) in [6, 6.07) is 0. The molecule has 0 aromatic rings. The number of rotatable bonds is 10. The fraction of sp³-hybridized carbons (Fsp3) is 0.895. The Morgan fingerprint density at radius 2 is 1.57 bits per heavy atom. The lowest BCUT2D eigenvalue weighted by molar-refractivity contribution is -0.155. The Labute approximate surface area is 141 Å². The molecule has 2 unspecified atom stereocenters. The van der Waals surface area contributed by atoms with E-state index in [-0.39, 0.29) is 23.8 Å². The average Bonchev–Trinajstić information content (AvgIpc) is 2.55. The lowest BCUT2D eigenvalue weighted by Crippen LogP contribution is -2.30. The average molecular weight is 326 g/mol. The van der Waals surface area contributed by atoms with Gasteiger partial charge in [0.25, 0.3) is 0 Å². The number of esters is 2. The van der Waals surface area contributed by atoms with Crippen LogP contribution in [0.15, 0.2) is 0 Å². The second-order valence-corrected chi connectivity index (χ2v) is 7.14. The molecule has 0 spiro atoms. The Bertz CT molecular complexity index is 351. The van der Waals surface area contributed by atoms with E-state index in [2.05, 4.69) is 13.8 Å². The summed E-state index contributed by atoms with van der Waals surface area (Å²) in [5.41, 5.74) is 0. The van der Waals surface area contributed by atoms with Crippen LogP contribution in [0.2, 0.25) is 0 Å². The van der Waals surface area contributed by atoms with Crippen LogP contribution in [0.4, 0.5) is 0 Å². The maximum absolute atomic E-state index is 12.1. The van der Waals surface area contributed by atoms with Gasteiger partial charge in [0, 0.05) is 0 Å². The van der Waals surface area contributed by atoms with Gasteiger partial charge in [-0.3, -0.25) is 9.59 Å². The Balaban J connectivity index is 2.21. The topological polar surface area (TPSA) is 52.6 Å². The summed E-state index contributed by atoms with van der Waals surface area (Å²) in [5.74, 6) is 0.224. The molecule has 0 aromatic carbocycles. The molecule has 0 bridgehead atoms. The third-order valence-electron chi connectivity index (χ3n) is 4.46. The molecule has 0 radical (unpaired) electrons. The van der Waals surface area contributed by atoms with Gasteiger partial charge in [0.05, 0.1) is 25.0 Å². The summed E-state index contributed by atoms with van der Waals surface area (Å²) in [6.07, 6.45) is 8.48. The van der Waals surface area contributed by atoms with Crippen molar-refractivity contribution in [2.45, 2.75) is 78.6 Å².